The molecular formula is C33H47N7O2. The zero-order valence-electron chi connectivity index (χ0n) is 26.3. The van der Waals surface area contributed by atoms with Crippen LogP contribution in [0.25, 0.3) is 11.4 Å². The first-order valence-corrected chi connectivity index (χ1v) is 14.9. The predicted octanol–water partition coefficient (Wildman–Crippen LogP) is 6.77. The Hall–Kier alpha value is -4.01. The molecule has 0 spiro atoms. The van der Waals surface area contributed by atoms with Crippen LogP contribution in [0.15, 0.2) is 64.6 Å². The molecule has 1 atom stereocenters. The predicted molar refractivity (Wildman–Crippen MR) is 171 cm³/mol. The summed E-state index contributed by atoms with van der Waals surface area (Å²) in [7, 11) is 1.66. The third-order valence-electron chi connectivity index (χ3n) is 7.48. The summed E-state index contributed by atoms with van der Waals surface area (Å²) in [6, 6.07) is 6.05. The van der Waals surface area contributed by atoms with Crippen molar-refractivity contribution in [1.82, 2.24) is 20.3 Å². The van der Waals surface area contributed by atoms with Crippen molar-refractivity contribution in [3.63, 3.8) is 0 Å². The number of nitrogens with one attached hydrogen (secondary N) is 2. The molecule has 0 fully saturated rings. The van der Waals surface area contributed by atoms with Gasteiger partial charge in [0.25, 0.3) is 5.91 Å². The molecule has 2 heterocycles. The Kier molecular flexibility index (Phi) is 11.8. The van der Waals surface area contributed by atoms with E-state index in [1.807, 2.05) is 13.0 Å². The van der Waals surface area contributed by atoms with E-state index in [0.717, 1.165) is 67.2 Å². The fourth-order valence-corrected chi connectivity index (χ4v) is 4.92. The van der Waals surface area contributed by atoms with E-state index in [9.17, 15) is 4.79 Å². The number of ether oxygens (including phenoxy) is 1. The summed E-state index contributed by atoms with van der Waals surface area (Å²) in [6.07, 6.45) is 12.8. The molecule has 3 rings (SSSR count). The number of aromatic nitrogens is 3. The fourth-order valence-electron chi connectivity index (χ4n) is 4.92. The van der Waals surface area contributed by atoms with E-state index in [1.165, 1.54) is 18.1 Å². The molecule has 0 bridgehead atoms. The number of unbranched alkanes of at least 4 members (excludes halogenated alkanes) is 2. The third kappa shape index (κ3) is 8.74. The van der Waals surface area contributed by atoms with Crippen LogP contribution in [0.1, 0.15) is 97.2 Å². The average molecular weight is 574 g/mol. The minimum atomic E-state index is -0.167. The van der Waals surface area contributed by atoms with E-state index in [0.29, 0.717) is 23.2 Å². The third-order valence-corrected chi connectivity index (χ3v) is 7.48. The van der Waals surface area contributed by atoms with Crippen molar-refractivity contribution in [3.05, 3.63) is 70.7 Å². The van der Waals surface area contributed by atoms with Gasteiger partial charge < -0.3 is 21.1 Å². The first kappa shape index (κ1) is 32.5. The highest BCUT2D eigenvalue weighted by Gasteiger charge is 2.26. The molecular weight excluding hydrogens is 526 g/mol. The molecule has 0 saturated heterocycles. The first-order chi connectivity index (χ1) is 20.1. The van der Waals surface area contributed by atoms with E-state index in [4.69, 9.17) is 10.5 Å². The van der Waals surface area contributed by atoms with Crippen LogP contribution < -0.4 is 16.4 Å². The second kappa shape index (κ2) is 15.3. The maximum Gasteiger partial charge on any atom is 0.287 e. The number of amides is 1. The molecule has 1 amide bonds. The van der Waals surface area contributed by atoms with Crippen molar-refractivity contribution in [3.8, 4) is 11.4 Å². The number of allylic oxidation sites excluding steroid dienone is 3. The topological polar surface area (TPSA) is 127 Å². The van der Waals surface area contributed by atoms with E-state index in [2.05, 4.69) is 77.3 Å². The standard InChI is InChI=1S/C33H47N7O2/c1-8-10-11-12-28(39-31(41)29-22(3)13-15-25(20-42-29)33(4,5)6)27-16-14-24(17-23(27)9-2)30-36-21-37-32(40-30)38-26(18-34)19-35-7/h14,16-21,28H,8-13,15,34H2,1-7H3,(H,39,41)(H,36,37,38,40). The molecule has 0 radical (unpaired) electrons. The quantitative estimate of drug-likeness (QED) is 0.189. The molecule has 1 unspecified atom stereocenters. The van der Waals surface area contributed by atoms with Gasteiger partial charge in [-0.2, -0.15) is 4.98 Å². The highest BCUT2D eigenvalue weighted by atomic mass is 16.5. The van der Waals surface area contributed by atoms with Crippen molar-refractivity contribution in [2.75, 3.05) is 12.4 Å². The summed E-state index contributed by atoms with van der Waals surface area (Å²) in [6.45, 7) is 12.8. The van der Waals surface area contributed by atoms with E-state index < -0.39 is 0 Å². The van der Waals surface area contributed by atoms with Crippen LogP contribution in [0.2, 0.25) is 0 Å². The molecule has 4 N–H and O–H groups in total. The van der Waals surface area contributed by atoms with Crippen molar-refractivity contribution >= 4 is 18.1 Å². The molecule has 0 saturated carbocycles. The number of hydrogen-bond donors (Lipinski definition) is 3. The molecule has 1 aliphatic rings. The van der Waals surface area contributed by atoms with Crippen molar-refractivity contribution in [2.24, 2.45) is 16.1 Å². The Morgan fingerprint density at radius 3 is 2.64 bits per heavy atom. The molecule has 9 nitrogen and oxygen atoms in total. The van der Waals surface area contributed by atoms with Crippen molar-refractivity contribution in [2.45, 2.75) is 92.5 Å². The zero-order chi connectivity index (χ0) is 30.7. The van der Waals surface area contributed by atoms with Gasteiger partial charge in [-0.1, -0.05) is 66.0 Å². The lowest BCUT2D eigenvalue weighted by atomic mass is 9.84. The lowest BCUT2D eigenvalue weighted by Crippen LogP contribution is -2.31. The van der Waals surface area contributed by atoms with Gasteiger partial charge in [-0.05, 0) is 66.4 Å². The first-order valence-electron chi connectivity index (χ1n) is 14.9. The van der Waals surface area contributed by atoms with Gasteiger partial charge >= 0.3 is 0 Å². The number of carbonyl (C=O) groups excluding carboxylic acids is 1. The molecule has 1 aromatic heterocycles. The average Bonchev–Trinajstić information content (AvgIpc) is 3.18. The van der Waals surface area contributed by atoms with Crippen LogP contribution in [0.4, 0.5) is 5.95 Å². The monoisotopic (exact) mass is 573 g/mol. The molecule has 42 heavy (non-hydrogen) atoms. The molecule has 226 valence electrons. The normalized spacial score (nSPS) is 15.2. The molecule has 2 aromatic rings. The van der Waals surface area contributed by atoms with Gasteiger partial charge in [-0.15, -0.1) is 0 Å². The van der Waals surface area contributed by atoms with Crippen LogP contribution in [0.3, 0.4) is 0 Å². The summed E-state index contributed by atoms with van der Waals surface area (Å²) in [5.41, 5.74) is 11.5. The minimum absolute atomic E-state index is 0.00477. The van der Waals surface area contributed by atoms with Gasteiger partial charge in [-0.3, -0.25) is 9.79 Å². The second-order valence-corrected chi connectivity index (χ2v) is 11.7. The maximum absolute atomic E-state index is 13.6. The molecule has 1 aromatic carbocycles. The Morgan fingerprint density at radius 1 is 1.19 bits per heavy atom. The van der Waals surface area contributed by atoms with Gasteiger partial charge in [0.2, 0.25) is 5.95 Å². The summed E-state index contributed by atoms with van der Waals surface area (Å²) in [5.74, 6) is 1.16. The van der Waals surface area contributed by atoms with Crippen LogP contribution in [-0.4, -0.2) is 34.1 Å². The van der Waals surface area contributed by atoms with Crippen molar-refractivity contribution in [1.29, 1.82) is 0 Å². The number of nitrogens with two attached hydrogens (primary N) is 1. The fraction of sp³-hybridized carbons (Fsp3) is 0.485. The second-order valence-electron chi connectivity index (χ2n) is 11.7. The molecule has 9 heteroatoms. The highest BCUT2D eigenvalue weighted by molar-refractivity contribution is 5.92. The summed E-state index contributed by atoms with van der Waals surface area (Å²) in [5, 5.41) is 6.38. The Labute approximate surface area is 250 Å². The highest BCUT2D eigenvalue weighted by Crippen LogP contribution is 2.34. The van der Waals surface area contributed by atoms with E-state index >= 15 is 0 Å². The molecule has 0 aliphatic carbocycles. The van der Waals surface area contributed by atoms with Gasteiger partial charge in [-0.25, -0.2) is 9.97 Å². The van der Waals surface area contributed by atoms with E-state index in [1.54, 1.807) is 19.5 Å². The van der Waals surface area contributed by atoms with Gasteiger partial charge in [0.15, 0.2) is 11.6 Å². The van der Waals surface area contributed by atoms with Gasteiger partial charge in [0.1, 0.15) is 6.33 Å². The van der Waals surface area contributed by atoms with Gasteiger partial charge in [0, 0.05) is 25.0 Å². The van der Waals surface area contributed by atoms with E-state index in [-0.39, 0.29) is 17.4 Å². The van der Waals surface area contributed by atoms with Crippen LogP contribution in [-0.2, 0) is 16.0 Å². The smallest absolute Gasteiger partial charge is 0.287 e. The number of nitrogens with zero attached hydrogens (tertiary/aromatic N) is 4. The SMILES string of the molecule is CCCCCC(NC(=O)C1=C(C)CCC(C(C)(C)C)=CO1)c1ccc(-c2ncnc(NC(C=NC)=CN)n2)cc1CC. The van der Waals surface area contributed by atoms with Crippen LogP contribution in [0, 0.1) is 5.41 Å². The zero-order valence-corrected chi connectivity index (χ0v) is 26.3. The van der Waals surface area contributed by atoms with Crippen LogP contribution >= 0.6 is 0 Å². The molecule has 1 aliphatic heterocycles. The van der Waals surface area contributed by atoms with Gasteiger partial charge in [0.05, 0.1) is 18.0 Å². The number of aliphatic imine (C=N–C) groups is 1. The lowest BCUT2D eigenvalue weighted by molar-refractivity contribution is -0.121. The number of anilines is 1. The summed E-state index contributed by atoms with van der Waals surface area (Å²) in [4.78, 5) is 30.8. The number of carbonyl (C=O) groups is 1. The number of aryl methyl sites for hydroxylation is 1. The minimum Gasteiger partial charge on any atom is -0.459 e. The number of benzene rings is 1. The number of hydrogen-bond acceptors (Lipinski definition) is 8. The number of rotatable bonds is 12. The largest absolute Gasteiger partial charge is 0.459 e. The summed E-state index contributed by atoms with van der Waals surface area (Å²) < 4.78 is 6.03. The lowest BCUT2D eigenvalue weighted by Gasteiger charge is -2.23. The van der Waals surface area contributed by atoms with Crippen molar-refractivity contribution < 1.29 is 9.53 Å². The maximum atomic E-state index is 13.6. The summed E-state index contributed by atoms with van der Waals surface area (Å²) >= 11 is 0. The Balaban J connectivity index is 1.90. The van der Waals surface area contributed by atoms with Crippen LogP contribution in [0.5, 0.6) is 0 Å². The Bertz CT molecular complexity index is 1350. The Morgan fingerprint density at radius 2 is 1.98 bits per heavy atom.